The number of rotatable bonds is 4. The van der Waals surface area contributed by atoms with Crippen molar-refractivity contribution in [2.75, 3.05) is 26.2 Å². The quantitative estimate of drug-likeness (QED) is 0.350. The Morgan fingerprint density at radius 3 is 2.34 bits per heavy atom. The van der Waals surface area contributed by atoms with Crippen LogP contribution in [0.1, 0.15) is 99.4 Å². The van der Waals surface area contributed by atoms with Gasteiger partial charge in [0.2, 0.25) is 0 Å². The van der Waals surface area contributed by atoms with Gasteiger partial charge in [0.25, 0.3) is 5.91 Å². The average Bonchev–Trinajstić information content (AvgIpc) is 3.39. The molecule has 1 aliphatic carbocycles. The van der Waals surface area contributed by atoms with E-state index in [0.29, 0.717) is 40.4 Å². The number of halogens is 1. The molecule has 2 amide bonds. The molecule has 3 fully saturated rings. The van der Waals surface area contributed by atoms with Crippen LogP contribution >= 0.6 is 11.6 Å². The summed E-state index contributed by atoms with van der Waals surface area (Å²) in [7, 11) is 0. The third-order valence-corrected chi connectivity index (χ3v) is 10.1. The summed E-state index contributed by atoms with van der Waals surface area (Å²) < 4.78 is 11.7. The van der Waals surface area contributed by atoms with Crippen molar-refractivity contribution >= 4 is 23.6 Å². The fraction of sp³-hybridized carbons (Fsp3) is 0.568. The zero-order valence-corrected chi connectivity index (χ0v) is 28.4. The number of hydrogen-bond acceptors (Lipinski definition) is 7. The molecule has 0 radical (unpaired) electrons. The van der Waals surface area contributed by atoms with Crippen molar-refractivity contribution in [2.24, 2.45) is 5.92 Å². The van der Waals surface area contributed by atoms with Crippen LogP contribution in [0.3, 0.4) is 0 Å². The molecule has 47 heavy (non-hydrogen) atoms. The molecule has 10 heteroatoms. The number of carbonyl (C=O) groups is 2. The summed E-state index contributed by atoms with van der Waals surface area (Å²) in [5, 5.41) is 9.49. The molecule has 4 heterocycles. The first-order valence-electron chi connectivity index (χ1n) is 17.0. The van der Waals surface area contributed by atoms with E-state index < -0.39 is 5.60 Å². The number of hydrogen-bond donors (Lipinski definition) is 0. The van der Waals surface area contributed by atoms with E-state index in [1.54, 1.807) is 18.2 Å². The second kappa shape index (κ2) is 14.1. The van der Waals surface area contributed by atoms with Crippen LogP contribution in [0.15, 0.2) is 30.3 Å². The fourth-order valence-electron chi connectivity index (χ4n) is 7.22. The number of nitriles is 1. The predicted molar refractivity (Wildman–Crippen MR) is 179 cm³/mol. The Hall–Kier alpha value is -3.79. The van der Waals surface area contributed by atoms with Crippen molar-refractivity contribution in [1.82, 2.24) is 19.7 Å². The molecule has 1 saturated carbocycles. The number of benzene rings is 1. The van der Waals surface area contributed by atoms with Crippen molar-refractivity contribution in [3.63, 3.8) is 0 Å². The summed E-state index contributed by atoms with van der Waals surface area (Å²) in [5.41, 5.74) is 2.21. The molecular formula is C37H44ClN5O4. The molecule has 4 aliphatic rings. The van der Waals surface area contributed by atoms with Crippen LogP contribution < -0.4 is 4.74 Å². The molecule has 0 spiro atoms. The van der Waals surface area contributed by atoms with E-state index in [-0.39, 0.29) is 24.1 Å². The van der Waals surface area contributed by atoms with Gasteiger partial charge in [-0.1, -0.05) is 17.5 Å². The van der Waals surface area contributed by atoms with Crippen molar-refractivity contribution in [3.8, 4) is 23.7 Å². The Bertz CT molecular complexity index is 1580. The molecule has 2 aromatic rings. The molecule has 1 aromatic carbocycles. The van der Waals surface area contributed by atoms with Crippen molar-refractivity contribution < 1.29 is 19.1 Å². The van der Waals surface area contributed by atoms with E-state index in [1.165, 1.54) is 0 Å². The third kappa shape index (κ3) is 8.03. The largest absolute Gasteiger partial charge is 0.490 e. The zero-order chi connectivity index (χ0) is 33.1. The van der Waals surface area contributed by atoms with Gasteiger partial charge in [-0.3, -0.25) is 4.79 Å². The Labute approximate surface area is 283 Å². The lowest BCUT2D eigenvalue weighted by atomic mass is 9.92. The highest BCUT2D eigenvalue weighted by Crippen LogP contribution is 2.33. The van der Waals surface area contributed by atoms with Crippen LogP contribution in [-0.4, -0.2) is 81.7 Å². The van der Waals surface area contributed by atoms with Gasteiger partial charge < -0.3 is 24.2 Å². The summed E-state index contributed by atoms with van der Waals surface area (Å²) in [6, 6.07) is 11.7. The van der Waals surface area contributed by atoms with Gasteiger partial charge in [0.05, 0.1) is 34.5 Å². The highest BCUT2D eigenvalue weighted by molar-refractivity contribution is 6.31. The number of carbonyl (C=O) groups excluding carboxylic acids is 2. The first-order chi connectivity index (χ1) is 22.6. The van der Waals surface area contributed by atoms with Gasteiger partial charge in [-0.05, 0) is 115 Å². The number of piperidine rings is 2. The molecule has 0 N–H and O–H groups in total. The lowest BCUT2D eigenvalue weighted by molar-refractivity contribution is 0.0125. The number of aromatic nitrogens is 1. The van der Waals surface area contributed by atoms with Crippen LogP contribution in [0.25, 0.3) is 0 Å². The van der Waals surface area contributed by atoms with E-state index >= 15 is 0 Å². The fourth-order valence-corrected chi connectivity index (χ4v) is 7.43. The molecule has 6 rings (SSSR count). The Morgan fingerprint density at radius 2 is 1.68 bits per heavy atom. The molecule has 9 nitrogen and oxygen atoms in total. The van der Waals surface area contributed by atoms with Crippen molar-refractivity contribution in [1.29, 1.82) is 5.26 Å². The smallest absolute Gasteiger partial charge is 0.410 e. The van der Waals surface area contributed by atoms with E-state index in [1.807, 2.05) is 42.7 Å². The van der Waals surface area contributed by atoms with Crippen LogP contribution in [0, 0.1) is 29.1 Å². The van der Waals surface area contributed by atoms with Crippen LogP contribution in [0.2, 0.25) is 5.02 Å². The van der Waals surface area contributed by atoms with Crippen LogP contribution in [0.5, 0.6) is 5.75 Å². The highest BCUT2D eigenvalue weighted by atomic mass is 35.5. The minimum atomic E-state index is -0.466. The average molecular weight is 658 g/mol. The van der Waals surface area contributed by atoms with Gasteiger partial charge in [-0.15, -0.1) is 0 Å². The monoisotopic (exact) mass is 657 g/mol. The van der Waals surface area contributed by atoms with Crippen molar-refractivity contribution in [2.45, 2.75) is 102 Å². The number of amides is 2. The first kappa shape index (κ1) is 33.1. The maximum absolute atomic E-state index is 13.3. The topological polar surface area (TPSA) is 99.0 Å². The zero-order valence-electron chi connectivity index (χ0n) is 27.6. The maximum Gasteiger partial charge on any atom is 0.410 e. The molecule has 248 valence electrons. The van der Waals surface area contributed by atoms with Gasteiger partial charge >= 0.3 is 6.09 Å². The van der Waals surface area contributed by atoms with E-state index in [0.717, 1.165) is 88.9 Å². The van der Waals surface area contributed by atoms with E-state index in [2.05, 4.69) is 22.8 Å². The van der Waals surface area contributed by atoms with Crippen molar-refractivity contribution in [3.05, 3.63) is 57.9 Å². The summed E-state index contributed by atoms with van der Waals surface area (Å²) >= 11 is 6.17. The SMILES string of the molecule is CC(C)(C)OC(=O)N1CCC(N2CCC(C#Cc3ccc4c(n3)CN(C3CCC(Oc5ccc(C#N)c(Cl)c5)CC3)C4=O)CC2)CC1. The minimum Gasteiger partial charge on any atom is -0.490 e. The molecule has 1 aromatic heterocycles. The predicted octanol–water partition coefficient (Wildman–Crippen LogP) is 6.42. The van der Waals surface area contributed by atoms with Crippen LogP contribution in [-0.2, 0) is 11.3 Å². The summed E-state index contributed by atoms with van der Waals surface area (Å²) in [6.45, 7) is 9.77. The number of pyridine rings is 1. The Morgan fingerprint density at radius 1 is 0.957 bits per heavy atom. The normalized spacial score (nSPS) is 22.7. The number of nitrogens with zero attached hydrogens (tertiary/aromatic N) is 5. The second-order valence-corrected chi connectivity index (χ2v) is 14.6. The van der Waals surface area contributed by atoms with E-state index in [4.69, 9.17) is 31.3 Å². The third-order valence-electron chi connectivity index (χ3n) is 9.80. The first-order valence-corrected chi connectivity index (χ1v) is 17.3. The second-order valence-electron chi connectivity index (χ2n) is 14.2. The number of fused-ring (bicyclic) bond motifs is 1. The van der Waals surface area contributed by atoms with Gasteiger partial charge in [0.15, 0.2) is 0 Å². The lowest BCUT2D eigenvalue weighted by Gasteiger charge is -2.41. The molecule has 0 atom stereocenters. The lowest BCUT2D eigenvalue weighted by Crippen LogP contribution is -2.49. The Balaban J connectivity index is 0.956. The summed E-state index contributed by atoms with van der Waals surface area (Å²) in [4.78, 5) is 36.9. The summed E-state index contributed by atoms with van der Waals surface area (Å²) in [6.07, 6.45) is 7.28. The number of likely N-dealkylation sites (tertiary alicyclic amines) is 2. The molecule has 2 saturated heterocycles. The Kier molecular flexibility index (Phi) is 9.96. The standard InChI is InChI=1S/C37H44ClN5O4/c1-37(2,3)47-36(45)42-20-16-28(17-21-42)41-18-14-25(15-19-41)4-6-27-7-13-32-34(40-27)24-43(35(32)44)29-8-11-30(12-9-29)46-31-10-5-26(23-39)33(38)22-31/h5,7,10,13,22,25,28-30H,8-9,11-12,14-21,24H2,1-3H3. The highest BCUT2D eigenvalue weighted by Gasteiger charge is 2.36. The van der Waals surface area contributed by atoms with Gasteiger partial charge in [0.1, 0.15) is 23.1 Å². The molecule has 3 aliphatic heterocycles. The molecular weight excluding hydrogens is 614 g/mol. The van der Waals surface area contributed by atoms with Gasteiger partial charge in [-0.25, -0.2) is 9.78 Å². The van der Waals surface area contributed by atoms with E-state index in [9.17, 15) is 9.59 Å². The van der Waals surface area contributed by atoms with Gasteiger partial charge in [-0.2, -0.15) is 5.26 Å². The maximum atomic E-state index is 13.3. The number of ether oxygens (including phenoxy) is 2. The van der Waals surface area contributed by atoms with Crippen LogP contribution in [0.4, 0.5) is 4.79 Å². The summed E-state index contributed by atoms with van der Waals surface area (Å²) in [5.74, 6) is 7.84. The molecule has 0 bridgehead atoms. The minimum absolute atomic E-state index is 0.0550. The van der Waals surface area contributed by atoms with Gasteiger partial charge in [0, 0.05) is 37.2 Å². The molecule has 0 unspecified atom stereocenters.